The molecule has 1 heterocycles. The summed E-state index contributed by atoms with van der Waals surface area (Å²) in [4.78, 5) is 42.2. The lowest BCUT2D eigenvalue weighted by atomic mass is 9.89. The van der Waals surface area contributed by atoms with E-state index in [9.17, 15) is 14.4 Å². The van der Waals surface area contributed by atoms with Gasteiger partial charge in [-0.25, -0.2) is 0 Å². The van der Waals surface area contributed by atoms with E-state index < -0.39 is 17.7 Å². The lowest BCUT2D eigenvalue weighted by Gasteiger charge is -2.28. The van der Waals surface area contributed by atoms with Crippen LogP contribution in [0.5, 0.6) is 0 Å². The number of aliphatic imine (C=N–C) groups is 1. The van der Waals surface area contributed by atoms with Crippen molar-refractivity contribution in [2.24, 2.45) is 10.9 Å². The summed E-state index contributed by atoms with van der Waals surface area (Å²) in [6.07, 6.45) is 9.13. The summed E-state index contributed by atoms with van der Waals surface area (Å²) < 4.78 is -0.225. The second-order valence-corrected chi connectivity index (χ2v) is 10.8. The molecular formula is C28H34N4O3S. The molecule has 8 heteroatoms. The van der Waals surface area contributed by atoms with Gasteiger partial charge in [0.1, 0.15) is 0 Å². The topological polar surface area (TPSA) is 111 Å². The number of nitrogens with one attached hydrogen (secondary N) is 3. The van der Waals surface area contributed by atoms with Gasteiger partial charge in [-0.3, -0.25) is 19.4 Å². The van der Waals surface area contributed by atoms with Crippen molar-refractivity contribution in [3.05, 3.63) is 72.4 Å². The van der Waals surface area contributed by atoms with E-state index in [1.54, 1.807) is 11.8 Å². The molecular weight excluding hydrogens is 472 g/mol. The van der Waals surface area contributed by atoms with Gasteiger partial charge >= 0.3 is 0 Å². The van der Waals surface area contributed by atoms with Crippen molar-refractivity contribution in [2.75, 3.05) is 6.54 Å². The number of Topliss-reactive ketones (excluding diaryl/α,β-unsaturated/α-hetero) is 1. The molecule has 2 amide bonds. The molecule has 1 aromatic rings. The molecule has 0 radical (unpaired) electrons. The van der Waals surface area contributed by atoms with Crippen molar-refractivity contribution in [2.45, 2.75) is 56.9 Å². The summed E-state index contributed by atoms with van der Waals surface area (Å²) in [6.45, 7) is 9.18. The van der Waals surface area contributed by atoms with E-state index in [-0.39, 0.29) is 41.3 Å². The molecule has 190 valence electrons. The molecule has 3 N–H and O–H groups in total. The van der Waals surface area contributed by atoms with Crippen molar-refractivity contribution in [1.29, 1.82) is 5.41 Å². The maximum absolute atomic E-state index is 13.5. The van der Waals surface area contributed by atoms with Gasteiger partial charge in [0.15, 0.2) is 5.78 Å². The van der Waals surface area contributed by atoms with Crippen LogP contribution in [0.25, 0.3) is 0 Å². The Morgan fingerprint density at radius 1 is 1.25 bits per heavy atom. The van der Waals surface area contributed by atoms with E-state index in [1.165, 1.54) is 12.5 Å². The molecule has 3 rings (SSSR count). The number of benzene rings is 1. The lowest BCUT2D eigenvalue weighted by Crippen LogP contribution is -2.47. The fraction of sp³-hybridized carbons (Fsp3) is 0.393. The Kier molecular flexibility index (Phi) is 9.20. The van der Waals surface area contributed by atoms with Gasteiger partial charge in [0.25, 0.3) is 0 Å². The Morgan fingerprint density at radius 2 is 1.97 bits per heavy atom. The van der Waals surface area contributed by atoms with Crippen molar-refractivity contribution in [3.63, 3.8) is 0 Å². The average molecular weight is 507 g/mol. The monoisotopic (exact) mass is 506 g/mol. The van der Waals surface area contributed by atoms with E-state index in [1.807, 2.05) is 30.3 Å². The average Bonchev–Trinajstić information content (AvgIpc) is 3.19. The predicted molar refractivity (Wildman–Crippen MR) is 147 cm³/mol. The number of amides is 2. The zero-order valence-corrected chi connectivity index (χ0v) is 21.9. The van der Waals surface area contributed by atoms with Crippen LogP contribution in [-0.4, -0.2) is 51.7 Å². The van der Waals surface area contributed by atoms with Crippen LogP contribution in [0.2, 0.25) is 0 Å². The molecule has 0 spiro atoms. The Labute approximate surface area is 217 Å². The molecule has 0 saturated carbocycles. The number of ketones is 1. The van der Waals surface area contributed by atoms with Crippen molar-refractivity contribution in [3.8, 4) is 0 Å². The molecule has 7 nitrogen and oxygen atoms in total. The van der Waals surface area contributed by atoms with Crippen molar-refractivity contribution in [1.82, 2.24) is 10.6 Å². The minimum absolute atomic E-state index is 0.0275. The van der Waals surface area contributed by atoms with Crippen LogP contribution in [-0.2, 0) is 20.8 Å². The fourth-order valence-corrected chi connectivity index (χ4v) is 5.79. The van der Waals surface area contributed by atoms with Gasteiger partial charge < -0.3 is 16.0 Å². The summed E-state index contributed by atoms with van der Waals surface area (Å²) in [6, 6.07) is 8.59. The number of rotatable bonds is 12. The molecule has 0 bridgehead atoms. The molecule has 1 aromatic carbocycles. The zero-order chi connectivity index (χ0) is 26.3. The maximum Gasteiger partial charge on any atom is 0.243 e. The minimum atomic E-state index is -0.906. The van der Waals surface area contributed by atoms with Crippen molar-refractivity contribution < 1.29 is 14.4 Å². The normalized spacial score (nSPS) is 21.9. The number of carbonyl (C=O) groups is 3. The van der Waals surface area contributed by atoms with Gasteiger partial charge in [0.2, 0.25) is 11.8 Å². The second-order valence-electron chi connectivity index (χ2n) is 9.26. The second kappa shape index (κ2) is 12.1. The van der Waals surface area contributed by atoms with E-state index in [0.717, 1.165) is 23.1 Å². The van der Waals surface area contributed by atoms with Gasteiger partial charge in [0, 0.05) is 25.8 Å². The third-order valence-electron chi connectivity index (χ3n) is 6.36. The summed E-state index contributed by atoms with van der Waals surface area (Å²) >= 11 is 1.61. The van der Waals surface area contributed by atoms with Crippen LogP contribution < -0.4 is 10.6 Å². The molecule has 2 aliphatic rings. The zero-order valence-electron chi connectivity index (χ0n) is 21.0. The van der Waals surface area contributed by atoms with Gasteiger partial charge in [0.05, 0.1) is 27.6 Å². The van der Waals surface area contributed by atoms with E-state index in [4.69, 9.17) is 10.4 Å². The molecule has 2 unspecified atom stereocenters. The summed E-state index contributed by atoms with van der Waals surface area (Å²) in [7, 11) is 0. The van der Waals surface area contributed by atoms with Crippen LogP contribution in [0.15, 0.2) is 71.8 Å². The number of nitrogens with zero attached hydrogens (tertiary/aromatic N) is 1. The summed E-state index contributed by atoms with van der Waals surface area (Å²) in [5, 5.41) is 15.0. The van der Waals surface area contributed by atoms with Crippen LogP contribution in [0.1, 0.15) is 39.2 Å². The minimum Gasteiger partial charge on any atom is -0.352 e. The molecule has 1 aliphatic carbocycles. The maximum atomic E-state index is 13.5. The molecule has 4 atom stereocenters. The van der Waals surface area contributed by atoms with E-state index in [2.05, 4.69) is 49.3 Å². The van der Waals surface area contributed by atoms with Gasteiger partial charge in [-0.1, -0.05) is 79.4 Å². The van der Waals surface area contributed by atoms with Crippen LogP contribution >= 0.6 is 11.8 Å². The van der Waals surface area contributed by atoms with Crippen LogP contribution in [0.4, 0.5) is 0 Å². The molecule has 0 fully saturated rings. The number of allylic oxidation sites excluding steroid dienone is 2. The molecule has 36 heavy (non-hydrogen) atoms. The molecule has 1 aliphatic heterocycles. The number of hydrogen-bond acceptors (Lipinski definition) is 6. The lowest BCUT2D eigenvalue weighted by molar-refractivity contribution is -0.123. The molecule has 0 aromatic heterocycles. The first-order valence-electron chi connectivity index (χ1n) is 12.1. The first-order valence-corrected chi connectivity index (χ1v) is 13.0. The van der Waals surface area contributed by atoms with Crippen LogP contribution in [0, 0.1) is 11.3 Å². The quantitative estimate of drug-likeness (QED) is 0.296. The highest BCUT2D eigenvalue weighted by molar-refractivity contribution is 8.15. The van der Waals surface area contributed by atoms with E-state index >= 15 is 0 Å². The van der Waals surface area contributed by atoms with E-state index in [0.29, 0.717) is 6.42 Å². The highest BCUT2D eigenvalue weighted by Crippen LogP contribution is 2.44. The largest absolute Gasteiger partial charge is 0.352 e. The van der Waals surface area contributed by atoms with Gasteiger partial charge in [-0.2, -0.15) is 0 Å². The molecule has 0 saturated heterocycles. The summed E-state index contributed by atoms with van der Waals surface area (Å²) in [5.74, 6) is -1.74. The number of hydrogen-bond donors (Lipinski definition) is 3. The van der Waals surface area contributed by atoms with Gasteiger partial charge in [-0.15, -0.1) is 0 Å². The first kappa shape index (κ1) is 27.3. The Bertz CT molecular complexity index is 1120. The Morgan fingerprint density at radius 3 is 2.61 bits per heavy atom. The van der Waals surface area contributed by atoms with Crippen LogP contribution in [0.3, 0.4) is 0 Å². The number of carbonyl (C=O) groups excluding carboxylic acids is 3. The number of thioether (sulfide) groups is 1. The Hall–Kier alpha value is -3.26. The first-order chi connectivity index (χ1) is 17.1. The van der Waals surface area contributed by atoms with Crippen molar-refractivity contribution >= 4 is 40.1 Å². The highest BCUT2D eigenvalue weighted by Gasteiger charge is 2.41. The third-order valence-corrected chi connectivity index (χ3v) is 7.67. The standard InChI is InChI=1S/C28H34N4O3S/c1-5-19-12-13-23-28(4,16-19)36-25(32-23)15-22(31-18(3)33)27(35)26(29)21(17-30-24(34)6-2)14-20-10-8-7-9-11-20/h6-13,16,21-23,29H,2,5,14-15,17H2,1,3-4H3,(H,30,34)(H,31,33)/t21-,22-,23?,28?/m0/s1. The SMILES string of the molecule is C=CC(=O)NC[C@H](Cc1ccccc1)C(=N)C(=O)[C@H](CC1=NC2C=CC(CC)=CC2(C)S1)NC(C)=O. The van der Waals surface area contributed by atoms with Gasteiger partial charge in [-0.05, 0) is 31.4 Å². The Balaban J connectivity index is 1.79. The summed E-state index contributed by atoms with van der Waals surface area (Å²) in [5.41, 5.74) is 2.06. The number of fused-ring (bicyclic) bond motifs is 1. The smallest absolute Gasteiger partial charge is 0.243 e. The fourth-order valence-electron chi connectivity index (χ4n) is 4.41. The third kappa shape index (κ3) is 6.91. The predicted octanol–water partition coefficient (Wildman–Crippen LogP) is 3.81. The highest BCUT2D eigenvalue weighted by atomic mass is 32.2.